The first-order valence-corrected chi connectivity index (χ1v) is 3.80. The van der Waals surface area contributed by atoms with E-state index < -0.39 is 0 Å². The zero-order valence-corrected chi connectivity index (χ0v) is 6.67. The minimum Gasteiger partial charge on any atom is -0.306 e. The van der Waals surface area contributed by atoms with Crippen LogP contribution in [-0.2, 0) is 0 Å². The van der Waals surface area contributed by atoms with Gasteiger partial charge in [-0.15, -0.1) is 0 Å². The van der Waals surface area contributed by atoms with Crippen molar-refractivity contribution in [1.29, 1.82) is 5.26 Å². The molecule has 0 saturated heterocycles. The highest BCUT2D eigenvalue weighted by Gasteiger charge is 2.25. The Balaban J connectivity index is 2.37. The lowest BCUT2D eigenvalue weighted by atomic mass is 10.1. The van der Waals surface area contributed by atoms with Crippen LogP contribution in [-0.4, -0.2) is 25.0 Å². The minimum absolute atomic E-state index is 0.326. The molecule has 0 aromatic carbocycles. The van der Waals surface area contributed by atoms with E-state index >= 15 is 0 Å². The molecule has 2 nitrogen and oxygen atoms in total. The Morgan fingerprint density at radius 1 is 1.40 bits per heavy atom. The molecule has 1 saturated carbocycles. The predicted molar refractivity (Wildman–Crippen MR) is 40.4 cm³/mol. The summed E-state index contributed by atoms with van der Waals surface area (Å²) < 4.78 is 0. The van der Waals surface area contributed by atoms with Crippen LogP contribution in [0.3, 0.4) is 0 Å². The van der Waals surface area contributed by atoms with Crippen molar-refractivity contribution in [3.63, 3.8) is 0 Å². The molecule has 1 aliphatic rings. The molecule has 2 unspecified atom stereocenters. The molecule has 0 bridgehead atoms. The molecule has 0 spiro atoms. The van der Waals surface area contributed by atoms with E-state index in [0.29, 0.717) is 12.0 Å². The summed E-state index contributed by atoms with van der Waals surface area (Å²) in [7, 11) is 4.18. The van der Waals surface area contributed by atoms with E-state index in [1.165, 1.54) is 6.42 Å². The van der Waals surface area contributed by atoms with E-state index in [1.807, 2.05) is 0 Å². The number of nitriles is 1. The van der Waals surface area contributed by atoms with E-state index in [2.05, 4.69) is 25.1 Å². The molecule has 56 valence electrons. The van der Waals surface area contributed by atoms with Crippen LogP contribution >= 0.6 is 0 Å². The third-order valence-electron chi connectivity index (χ3n) is 2.32. The summed E-state index contributed by atoms with van der Waals surface area (Å²) in [6.07, 6.45) is 3.37. The second-order valence-corrected chi connectivity index (χ2v) is 3.26. The molecule has 0 radical (unpaired) electrons. The summed E-state index contributed by atoms with van der Waals surface area (Å²) in [6, 6.07) is 2.98. The Morgan fingerprint density at radius 3 is 2.40 bits per heavy atom. The van der Waals surface area contributed by atoms with Gasteiger partial charge in [0.2, 0.25) is 0 Å². The zero-order valence-electron chi connectivity index (χ0n) is 6.67. The largest absolute Gasteiger partial charge is 0.306 e. The Labute approximate surface area is 62.4 Å². The topological polar surface area (TPSA) is 27.0 Å². The highest BCUT2D eigenvalue weighted by molar-refractivity contribution is 4.92. The van der Waals surface area contributed by atoms with Gasteiger partial charge >= 0.3 is 0 Å². The average molecular weight is 138 g/mol. The first-order chi connectivity index (χ1) is 4.74. The standard InChI is InChI=1S/C8H14N2/c1-10(2)8-4-3-7(5-8)6-9/h7-8H,3-5H2,1-2H3. The molecule has 0 N–H and O–H groups in total. The van der Waals surface area contributed by atoms with Gasteiger partial charge < -0.3 is 4.90 Å². The summed E-state index contributed by atoms with van der Waals surface area (Å²) in [5.74, 6) is 0.326. The Bertz CT molecular complexity index is 146. The maximum Gasteiger partial charge on any atom is 0.0656 e. The van der Waals surface area contributed by atoms with Gasteiger partial charge in [0.25, 0.3) is 0 Å². The minimum atomic E-state index is 0.326. The third kappa shape index (κ3) is 1.48. The molecule has 0 heterocycles. The van der Waals surface area contributed by atoms with E-state index in [1.54, 1.807) is 0 Å². The monoisotopic (exact) mass is 138 g/mol. The molecule has 0 aliphatic heterocycles. The van der Waals surface area contributed by atoms with Crippen molar-refractivity contribution in [3.05, 3.63) is 0 Å². The smallest absolute Gasteiger partial charge is 0.0656 e. The van der Waals surface area contributed by atoms with Crippen LogP contribution in [0.4, 0.5) is 0 Å². The van der Waals surface area contributed by atoms with Gasteiger partial charge in [0.05, 0.1) is 6.07 Å². The highest BCUT2D eigenvalue weighted by Crippen LogP contribution is 2.26. The molecule has 10 heavy (non-hydrogen) atoms. The number of hydrogen-bond donors (Lipinski definition) is 0. The van der Waals surface area contributed by atoms with E-state index in [9.17, 15) is 0 Å². The fourth-order valence-electron chi connectivity index (χ4n) is 1.54. The molecule has 0 amide bonds. The van der Waals surface area contributed by atoms with Gasteiger partial charge in [-0.25, -0.2) is 0 Å². The van der Waals surface area contributed by atoms with Crippen LogP contribution < -0.4 is 0 Å². The van der Waals surface area contributed by atoms with Crippen molar-refractivity contribution in [1.82, 2.24) is 4.90 Å². The van der Waals surface area contributed by atoms with Gasteiger partial charge in [-0.05, 0) is 33.4 Å². The fraction of sp³-hybridized carbons (Fsp3) is 0.875. The Hall–Kier alpha value is -0.550. The van der Waals surface area contributed by atoms with Crippen LogP contribution in [0.15, 0.2) is 0 Å². The van der Waals surface area contributed by atoms with Crippen molar-refractivity contribution in [3.8, 4) is 6.07 Å². The SMILES string of the molecule is CN(C)C1CCC(C#N)C1. The normalized spacial score (nSPS) is 32.6. The third-order valence-corrected chi connectivity index (χ3v) is 2.32. The first kappa shape index (κ1) is 7.56. The quantitative estimate of drug-likeness (QED) is 0.545. The predicted octanol–water partition coefficient (Wildman–Crippen LogP) is 1.24. The van der Waals surface area contributed by atoms with Crippen molar-refractivity contribution >= 4 is 0 Å². The summed E-state index contributed by atoms with van der Waals surface area (Å²) in [6.45, 7) is 0. The molecule has 0 aromatic heterocycles. The average Bonchev–Trinajstić information content (AvgIpc) is 2.34. The molecule has 2 heteroatoms. The van der Waals surface area contributed by atoms with Gasteiger partial charge in [0.15, 0.2) is 0 Å². The van der Waals surface area contributed by atoms with Gasteiger partial charge in [-0.1, -0.05) is 0 Å². The van der Waals surface area contributed by atoms with E-state index in [4.69, 9.17) is 5.26 Å². The highest BCUT2D eigenvalue weighted by atomic mass is 15.1. The Kier molecular flexibility index (Phi) is 2.29. The summed E-state index contributed by atoms with van der Waals surface area (Å²) >= 11 is 0. The molecule has 0 aromatic rings. The Morgan fingerprint density at radius 2 is 2.10 bits per heavy atom. The first-order valence-electron chi connectivity index (χ1n) is 3.80. The number of hydrogen-bond acceptors (Lipinski definition) is 2. The second-order valence-electron chi connectivity index (χ2n) is 3.26. The van der Waals surface area contributed by atoms with Gasteiger partial charge in [-0.2, -0.15) is 5.26 Å². The van der Waals surface area contributed by atoms with Gasteiger partial charge in [0, 0.05) is 12.0 Å². The van der Waals surface area contributed by atoms with Crippen molar-refractivity contribution in [2.45, 2.75) is 25.3 Å². The van der Waals surface area contributed by atoms with Gasteiger partial charge in [0.1, 0.15) is 0 Å². The molecule has 2 atom stereocenters. The van der Waals surface area contributed by atoms with E-state index in [-0.39, 0.29) is 0 Å². The summed E-state index contributed by atoms with van der Waals surface area (Å²) in [4.78, 5) is 2.22. The van der Waals surface area contributed by atoms with Crippen molar-refractivity contribution < 1.29 is 0 Å². The van der Waals surface area contributed by atoms with Crippen LogP contribution in [0.1, 0.15) is 19.3 Å². The van der Waals surface area contributed by atoms with Gasteiger partial charge in [-0.3, -0.25) is 0 Å². The molecular formula is C8H14N2. The number of rotatable bonds is 1. The number of nitrogens with zero attached hydrogens (tertiary/aromatic N) is 2. The summed E-state index contributed by atoms with van der Waals surface area (Å²) in [5.41, 5.74) is 0. The fourth-order valence-corrected chi connectivity index (χ4v) is 1.54. The van der Waals surface area contributed by atoms with Crippen molar-refractivity contribution in [2.24, 2.45) is 5.92 Å². The maximum atomic E-state index is 8.60. The lowest BCUT2D eigenvalue weighted by molar-refractivity contribution is 0.295. The van der Waals surface area contributed by atoms with Crippen LogP contribution in [0.25, 0.3) is 0 Å². The second kappa shape index (κ2) is 3.03. The van der Waals surface area contributed by atoms with E-state index in [0.717, 1.165) is 12.8 Å². The zero-order chi connectivity index (χ0) is 7.56. The summed E-state index contributed by atoms with van der Waals surface area (Å²) in [5, 5.41) is 8.60. The van der Waals surface area contributed by atoms with Crippen molar-refractivity contribution in [2.75, 3.05) is 14.1 Å². The van der Waals surface area contributed by atoms with Crippen LogP contribution in [0, 0.1) is 17.2 Å². The molecule has 1 fully saturated rings. The van der Waals surface area contributed by atoms with Crippen LogP contribution in [0.5, 0.6) is 0 Å². The molecule has 1 aliphatic carbocycles. The maximum absolute atomic E-state index is 8.60. The van der Waals surface area contributed by atoms with Crippen LogP contribution in [0.2, 0.25) is 0 Å². The molecular weight excluding hydrogens is 124 g/mol. The lowest BCUT2D eigenvalue weighted by Gasteiger charge is -2.17. The molecule has 1 rings (SSSR count). The lowest BCUT2D eigenvalue weighted by Crippen LogP contribution is -2.24.